The summed E-state index contributed by atoms with van der Waals surface area (Å²) < 4.78 is 2.61. The highest BCUT2D eigenvalue weighted by Crippen LogP contribution is 2.64. The van der Waals surface area contributed by atoms with Gasteiger partial charge in [-0.2, -0.15) is 0 Å². The second kappa shape index (κ2) is 13.4. The van der Waals surface area contributed by atoms with Gasteiger partial charge in [0, 0.05) is 37.2 Å². The van der Waals surface area contributed by atoms with Gasteiger partial charge < -0.3 is 4.90 Å². The Morgan fingerprint density at radius 2 is 0.688 bits per heavy atom. The van der Waals surface area contributed by atoms with Crippen molar-refractivity contribution in [3.8, 4) is 33.4 Å². The minimum atomic E-state index is -0.471. The molecule has 14 rings (SSSR count). The van der Waals surface area contributed by atoms with Gasteiger partial charge in [0.05, 0.1) is 10.8 Å². The van der Waals surface area contributed by atoms with Gasteiger partial charge >= 0.3 is 0 Å². The van der Waals surface area contributed by atoms with Crippen LogP contribution in [-0.4, -0.2) is 0 Å². The molecule has 0 amide bonds. The van der Waals surface area contributed by atoms with Crippen LogP contribution < -0.4 is 4.90 Å². The number of fused-ring (bicyclic) bond motifs is 16. The van der Waals surface area contributed by atoms with E-state index in [0.717, 1.165) is 17.1 Å². The molecule has 0 aliphatic heterocycles. The van der Waals surface area contributed by atoms with Crippen molar-refractivity contribution >= 4 is 48.6 Å². The van der Waals surface area contributed by atoms with Crippen LogP contribution in [0.2, 0.25) is 0 Å². The summed E-state index contributed by atoms with van der Waals surface area (Å²) in [4.78, 5) is 2.52. The molecule has 0 unspecified atom stereocenters. The number of hydrogen-bond donors (Lipinski definition) is 0. The molecule has 64 heavy (non-hydrogen) atoms. The number of thiophene rings is 1. The van der Waals surface area contributed by atoms with E-state index in [9.17, 15) is 0 Å². The van der Waals surface area contributed by atoms with Crippen LogP contribution in [0.25, 0.3) is 53.6 Å². The minimum Gasteiger partial charge on any atom is -0.310 e. The standard InChI is InChI=1S/C62H39NS/c1-3-17-40(18-4-1)61(41-19-5-2-6-20-41)53-26-12-10-24-48(53)51-37-42(32-35-57(51)61)63(43-33-36-60-52(38-43)50-25-11-16-30-59(50)64-60)44-31-34-49-47-23-9-15-29-56(47)62(58(49)39-44)54-27-13-7-21-45(54)46-22-8-14-28-55(46)62/h1-39H. The van der Waals surface area contributed by atoms with Crippen LogP contribution in [-0.2, 0) is 10.8 Å². The van der Waals surface area contributed by atoms with Crippen molar-refractivity contribution in [2.75, 3.05) is 4.90 Å². The number of benzene rings is 10. The van der Waals surface area contributed by atoms with Crippen LogP contribution in [0.5, 0.6) is 0 Å². The third kappa shape index (κ3) is 4.63. The van der Waals surface area contributed by atoms with Gasteiger partial charge in [0.2, 0.25) is 0 Å². The molecular formula is C62H39NS. The van der Waals surface area contributed by atoms with Crippen molar-refractivity contribution in [1.29, 1.82) is 0 Å². The van der Waals surface area contributed by atoms with Crippen LogP contribution in [0.3, 0.4) is 0 Å². The van der Waals surface area contributed by atoms with Crippen molar-refractivity contribution in [3.05, 3.63) is 281 Å². The summed E-state index contributed by atoms with van der Waals surface area (Å²) in [6, 6.07) is 89.0. The molecule has 0 saturated heterocycles. The fraction of sp³-hybridized carbons (Fsp3) is 0.0323. The average molecular weight is 830 g/mol. The largest absolute Gasteiger partial charge is 0.310 e. The highest BCUT2D eigenvalue weighted by atomic mass is 32.1. The third-order valence-electron chi connectivity index (χ3n) is 14.6. The van der Waals surface area contributed by atoms with Gasteiger partial charge in [-0.15, -0.1) is 11.3 Å². The van der Waals surface area contributed by atoms with Gasteiger partial charge in [-0.3, -0.25) is 0 Å². The summed E-state index contributed by atoms with van der Waals surface area (Å²) >= 11 is 1.87. The quantitative estimate of drug-likeness (QED) is 0.167. The second-order valence-electron chi connectivity index (χ2n) is 17.5. The summed E-state index contributed by atoms with van der Waals surface area (Å²) in [5.41, 5.74) is 20.8. The Labute approximate surface area is 376 Å². The van der Waals surface area contributed by atoms with Crippen LogP contribution >= 0.6 is 11.3 Å². The summed E-state index contributed by atoms with van der Waals surface area (Å²) in [5, 5.41) is 2.58. The van der Waals surface area contributed by atoms with Gasteiger partial charge in [0.25, 0.3) is 0 Å². The molecule has 10 aromatic carbocycles. The topological polar surface area (TPSA) is 3.24 Å². The molecule has 11 aromatic rings. The molecule has 0 radical (unpaired) electrons. The van der Waals surface area contributed by atoms with Crippen LogP contribution in [0, 0.1) is 0 Å². The first-order valence-electron chi connectivity index (χ1n) is 22.3. The number of nitrogens with zero attached hydrogens (tertiary/aromatic N) is 1. The molecule has 1 aromatic heterocycles. The van der Waals surface area contributed by atoms with Crippen LogP contribution in [0.1, 0.15) is 44.5 Å². The van der Waals surface area contributed by atoms with E-state index >= 15 is 0 Å². The fourth-order valence-electron chi connectivity index (χ4n) is 12.1. The molecule has 0 atom stereocenters. The van der Waals surface area contributed by atoms with E-state index in [-0.39, 0.29) is 0 Å². The lowest BCUT2D eigenvalue weighted by Gasteiger charge is -2.34. The molecule has 1 spiro atoms. The van der Waals surface area contributed by atoms with Gasteiger partial charge in [0.15, 0.2) is 0 Å². The van der Waals surface area contributed by atoms with Gasteiger partial charge in [-0.05, 0) is 126 Å². The zero-order valence-corrected chi connectivity index (χ0v) is 35.7. The lowest BCUT2D eigenvalue weighted by Crippen LogP contribution is -2.28. The third-order valence-corrected chi connectivity index (χ3v) is 15.7. The van der Waals surface area contributed by atoms with Crippen molar-refractivity contribution in [2.45, 2.75) is 10.8 Å². The molecule has 3 aliphatic carbocycles. The molecule has 2 heteroatoms. The maximum atomic E-state index is 2.52. The van der Waals surface area contributed by atoms with E-state index in [1.54, 1.807) is 0 Å². The zero-order valence-electron chi connectivity index (χ0n) is 34.9. The smallest absolute Gasteiger partial charge is 0.0726 e. The summed E-state index contributed by atoms with van der Waals surface area (Å²) in [5.74, 6) is 0. The fourth-order valence-corrected chi connectivity index (χ4v) is 13.2. The molecule has 0 fully saturated rings. The summed E-state index contributed by atoms with van der Waals surface area (Å²) in [6.07, 6.45) is 0. The highest BCUT2D eigenvalue weighted by molar-refractivity contribution is 7.25. The zero-order chi connectivity index (χ0) is 42.0. The molecule has 3 aliphatic rings. The first-order chi connectivity index (χ1) is 31.7. The SMILES string of the molecule is c1ccc(C2(c3ccccc3)c3ccccc3-c3cc(N(c4ccc5c(c4)C4(c6ccccc6-c6ccccc64)c4ccccc4-5)c4ccc5sc6ccccc6c5c4)ccc32)cc1. The lowest BCUT2D eigenvalue weighted by molar-refractivity contribution is 0.768. The Hall–Kier alpha value is -7.78. The monoisotopic (exact) mass is 829 g/mol. The van der Waals surface area contributed by atoms with E-state index in [1.807, 2.05) is 11.3 Å². The van der Waals surface area contributed by atoms with Crippen LogP contribution in [0.15, 0.2) is 237 Å². The molecular weight excluding hydrogens is 791 g/mol. The second-order valence-corrected chi connectivity index (χ2v) is 18.6. The number of rotatable bonds is 5. The maximum absolute atomic E-state index is 2.52. The van der Waals surface area contributed by atoms with Gasteiger partial charge in [-0.1, -0.05) is 188 Å². The summed E-state index contributed by atoms with van der Waals surface area (Å²) in [7, 11) is 0. The van der Waals surface area contributed by atoms with Gasteiger partial charge in [-0.25, -0.2) is 0 Å². The molecule has 0 bridgehead atoms. The number of hydrogen-bond acceptors (Lipinski definition) is 2. The highest BCUT2D eigenvalue weighted by Gasteiger charge is 2.52. The van der Waals surface area contributed by atoms with Crippen molar-refractivity contribution in [1.82, 2.24) is 0 Å². The Morgan fingerprint density at radius 3 is 1.31 bits per heavy atom. The van der Waals surface area contributed by atoms with Crippen molar-refractivity contribution in [2.24, 2.45) is 0 Å². The minimum absolute atomic E-state index is 0.448. The van der Waals surface area contributed by atoms with E-state index in [0.29, 0.717) is 0 Å². The Balaban J connectivity index is 1.05. The molecule has 298 valence electrons. The molecule has 1 nitrogen and oxygen atoms in total. The number of anilines is 3. The van der Waals surface area contributed by atoms with Gasteiger partial charge in [0.1, 0.15) is 0 Å². The van der Waals surface area contributed by atoms with Crippen molar-refractivity contribution in [3.63, 3.8) is 0 Å². The first-order valence-corrected chi connectivity index (χ1v) is 23.1. The Kier molecular flexibility index (Phi) is 7.47. The van der Waals surface area contributed by atoms with E-state index in [1.165, 1.54) is 98.1 Å². The predicted molar refractivity (Wildman–Crippen MR) is 268 cm³/mol. The van der Waals surface area contributed by atoms with E-state index < -0.39 is 10.8 Å². The lowest BCUT2D eigenvalue weighted by atomic mass is 9.68. The normalized spacial score (nSPS) is 14.2. The molecule has 1 heterocycles. The molecule has 0 saturated carbocycles. The Bertz CT molecular complexity index is 3590. The van der Waals surface area contributed by atoms with Crippen molar-refractivity contribution < 1.29 is 0 Å². The Morgan fingerprint density at radius 1 is 0.266 bits per heavy atom. The average Bonchev–Trinajstić information content (AvgIpc) is 4.07. The molecule has 0 N–H and O–H groups in total. The van der Waals surface area contributed by atoms with E-state index in [2.05, 4.69) is 241 Å². The maximum Gasteiger partial charge on any atom is 0.0726 e. The predicted octanol–water partition coefficient (Wildman–Crippen LogP) is 16.2. The first kappa shape index (κ1) is 35.8. The summed E-state index contributed by atoms with van der Waals surface area (Å²) in [6.45, 7) is 0. The van der Waals surface area contributed by atoms with Crippen LogP contribution in [0.4, 0.5) is 17.1 Å². The van der Waals surface area contributed by atoms with E-state index in [4.69, 9.17) is 0 Å².